The van der Waals surface area contributed by atoms with Crippen molar-refractivity contribution in [2.75, 3.05) is 6.54 Å². The number of hydrogen-bond acceptors (Lipinski definition) is 3. The number of nitrogens with one attached hydrogen (secondary N) is 1. The van der Waals surface area contributed by atoms with Crippen molar-refractivity contribution in [2.24, 2.45) is 15.8 Å². The number of guanidine groups is 1. The molecule has 0 aliphatic carbocycles. The minimum absolute atomic E-state index is 0.459. The van der Waals surface area contributed by atoms with Gasteiger partial charge in [-0.25, -0.2) is 5.84 Å². The van der Waals surface area contributed by atoms with Gasteiger partial charge in [-0.2, -0.15) is 4.99 Å². The summed E-state index contributed by atoms with van der Waals surface area (Å²) in [6.07, 6.45) is 1.79. The molecule has 80 valence electrons. The molecule has 1 rings (SSSR count). The number of hydrazine groups is 1. The summed E-state index contributed by atoms with van der Waals surface area (Å²) in [4.78, 5) is 8.42. The summed E-state index contributed by atoms with van der Waals surface area (Å²) in [6.45, 7) is 4.69. The molecule has 5 nitrogen and oxygen atoms in total. The molecule has 0 spiro atoms. The summed E-state index contributed by atoms with van der Waals surface area (Å²) in [5.41, 5.74) is -0.459. The largest absolute Gasteiger partial charge is 0.320 e. The Labute approximate surface area is 89.0 Å². The molecule has 14 heavy (non-hydrogen) atoms. The van der Waals surface area contributed by atoms with Crippen molar-refractivity contribution >= 4 is 23.4 Å². The van der Waals surface area contributed by atoms with Crippen molar-refractivity contribution in [3.8, 4) is 0 Å². The van der Waals surface area contributed by atoms with Crippen LogP contribution in [0.5, 0.6) is 0 Å². The second-order valence-electron chi connectivity index (χ2n) is 2.96. The zero-order valence-electron chi connectivity index (χ0n) is 8.50. The van der Waals surface area contributed by atoms with Crippen molar-refractivity contribution in [2.45, 2.75) is 32.3 Å². The molecule has 6 heteroatoms. The Kier molecular flexibility index (Phi) is 4.16. The SMILES string of the molecule is CCCC1=NC(=NCC)NC(Cl)N1N. The number of nitrogens with zero attached hydrogens (tertiary/aromatic N) is 3. The van der Waals surface area contributed by atoms with Crippen molar-refractivity contribution in [3.63, 3.8) is 0 Å². The number of rotatable bonds is 3. The predicted molar refractivity (Wildman–Crippen MR) is 59.1 cm³/mol. The summed E-state index contributed by atoms with van der Waals surface area (Å²) in [7, 11) is 0. The Hall–Kier alpha value is -0.810. The van der Waals surface area contributed by atoms with Gasteiger partial charge >= 0.3 is 0 Å². The van der Waals surface area contributed by atoms with Gasteiger partial charge in [-0.15, -0.1) is 0 Å². The van der Waals surface area contributed by atoms with E-state index in [0.717, 1.165) is 18.7 Å². The van der Waals surface area contributed by atoms with Crippen LogP contribution in [-0.2, 0) is 0 Å². The van der Waals surface area contributed by atoms with Gasteiger partial charge in [0, 0.05) is 13.0 Å². The third-order valence-electron chi connectivity index (χ3n) is 1.81. The lowest BCUT2D eigenvalue weighted by molar-refractivity contribution is 0.369. The Morgan fingerprint density at radius 3 is 2.93 bits per heavy atom. The van der Waals surface area contributed by atoms with Crippen molar-refractivity contribution in [3.05, 3.63) is 0 Å². The van der Waals surface area contributed by atoms with E-state index < -0.39 is 5.62 Å². The first-order valence-corrected chi connectivity index (χ1v) is 5.19. The van der Waals surface area contributed by atoms with Gasteiger partial charge < -0.3 is 5.32 Å². The smallest absolute Gasteiger partial charge is 0.222 e. The lowest BCUT2D eigenvalue weighted by atomic mass is 10.3. The molecule has 0 fully saturated rings. The first kappa shape index (κ1) is 11.3. The molecule has 1 aliphatic rings. The number of aliphatic imine (C=N–C) groups is 2. The van der Waals surface area contributed by atoms with Crippen LogP contribution in [0.3, 0.4) is 0 Å². The highest BCUT2D eigenvalue weighted by molar-refractivity contribution is 6.23. The minimum atomic E-state index is -0.459. The Morgan fingerprint density at radius 1 is 1.64 bits per heavy atom. The van der Waals surface area contributed by atoms with Crippen molar-refractivity contribution in [1.29, 1.82) is 0 Å². The van der Waals surface area contributed by atoms with Gasteiger partial charge in [-0.05, 0) is 13.3 Å². The van der Waals surface area contributed by atoms with Crippen LogP contribution in [0.25, 0.3) is 0 Å². The molecule has 1 atom stereocenters. The molecule has 0 saturated carbocycles. The average Bonchev–Trinajstić information content (AvgIpc) is 2.14. The van der Waals surface area contributed by atoms with Crippen LogP contribution in [0.2, 0.25) is 0 Å². The second-order valence-corrected chi connectivity index (χ2v) is 3.38. The summed E-state index contributed by atoms with van der Waals surface area (Å²) >= 11 is 5.96. The zero-order chi connectivity index (χ0) is 10.6. The Balaban J connectivity index is 2.81. The predicted octanol–water partition coefficient (Wildman–Crippen LogP) is 0.862. The van der Waals surface area contributed by atoms with E-state index in [2.05, 4.69) is 22.2 Å². The van der Waals surface area contributed by atoms with E-state index >= 15 is 0 Å². The lowest BCUT2D eigenvalue weighted by Crippen LogP contribution is -2.55. The summed E-state index contributed by atoms with van der Waals surface area (Å²) in [5.74, 6) is 7.06. The Morgan fingerprint density at radius 2 is 2.36 bits per heavy atom. The van der Waals surface area contributed by atoms with Crippen LogP contribution in [-0.4, -0.2) is 29.0 Å². The quantitative estimate of drug-likeness (QED) is 0.419. The molecule has 1 unspecified atom stereocenters. The molecule has 1 aliphatic heterocycles. The number of halogens is 1. The van der Waals surface area contributed by atoms with Crippen LogP contribution in [0, 0.1) is 0 Å². The van der Waals surface area contributed by atoms with Gasteiger partial charge in [0.2, 0.25) is 5.96 Å². The van der Waals surface area contributed by atoms with Gasteiger partial charge in [0.25, 0.3) is 0 Å². The number of alkyl halides is 1. The van der Waals surface area contributed by atoms with Crippen molar-refractivity contribution in [1.82, 2.24) is 10.3 Å². The average molecular weight is 218 g/mol. The van der Waals surface area contributed by atoms with E-state index in [-0.39, 0.29) is 0 Å². The first-order chi connectivity index (χ1) is 6.69. The van der Waals surface area contributed by atoms with Crippen LogP contribution in [0.4, 0.5) is 0 Å². The molecule has 0 bridgehead atoms. The normalized spacial score (nSPS) is 24.9. The van der Waals surface area contributed by atoms with E-state index in [9.17, 15) is 0 Å². The summed E-state index contributed by atoms with van der Waals surface area (Å²) in [5, 5.41) is 4.31. The van der Waals surface area contributed by atoms with Gasteiger partial charge in [0.05, 0.1) is 0 Å². The Bertz CT molecular complexity index is 250. The van der Waals surface area contributed by atoms with E-state index in [0.29, 0.717) is 12.5 Å². The van der Waals surface area contributed by atoms with Gasteiger partial charge in [0.1, 0.15) is 5.84 Å². The third kappa shape index (κ3) is 2.59. The zero-order valence-corrected chi connectivity index (χ0v) is 9.25. The summed E-state index contributed by atoms with van der Waals surface area (Å²) in [6, 6.07) is 0. The maximum Gasteiger partial charge on any atom is 0.222 e. The molecule has 0 radical (unpaired) electrons. The van der Waals surface area contributed by atoms with Crippen LogP contribution in [0.15, 0.2) is 9.98 Å². The molecule has 0 aromatic carbocycles. The highest BCUT2D eigenvalue weighted by Crippen LogP contribution is 2.08. The fourth-order valence-corrected chi connectivity index (χ4v) is 1.37. The summed E-state index contributed by atoms with van der Waals surface area (Å²) < 4.78 is 0. The topological polar surface area (TPSA) is 66.0 Å². The van der Waals surface area contributed by atoms with Crippen molar-refractivity contribution < 1.29 is 0 Å². The van der Waals surface area contributed by atoms with Crippen LogP contribution >= 0.6 is 11.6 Å². The maximum absolute atomic E-state index is 5.96. The minimum Gasteiger partial charge on any atom is -0.320 e. The van der Waals surface area contributed by atoms with E-state index in [1.54, 1.807) is 0 Å². The maximum atomic E-state index is 5.96. The van der Waals surface area contributed by atoms with E-state index in [4.69, 9.17) is 17.4 Å². The fraction of sp³-hybridized carbons (Fsp3) is 0.750. The molecule has 0 amide bonds. The highest BCUT2D eigenvalue weighted by Gasteiger charge is 2.22. The lowest BCUT2D eigenvalue weighted by Gasteiger charge is -2.30. The second kappa shape index (κ2) is 5.17. The monoisotopic (exact) mass is 217 g/mol. The van der Waals surface area contributed by atoms with Gasteiger partial charge in [-0.3, -0.25) is 10.0 Å². The molecule has 0 saturated heterocycles. The standard InChI is InChI=1S/C8H16ClN5/c1-3-5-6-12-8(11-4-2)13-7(9)14(6)10/h7H,3-5,10H2,1-2H3,(H,11,13). The van der Waals surface area contributed by atoms with E-state index in [1.807, 2.05) is 6.92 Å². The third-order valence-corrected chi connectivity index (χ3v) is 2.13. The highest BCUT2D eigenvalue weighted by atomic mass is 35.5. The van der Waals surface area contributed by atoms with Crippen LogP contribution in [0.1, 0.15) is 26.7 Å². The van der Waals surface area contributed by atoms with Crippen LogP contribution < -0.4 is 11.2 Å². The molecule has 0 aromatic rings. The molecule has 1 heterocycles. The number of amidine groups is 1. The van der Waals surface area contributed by atoms with E-state index in [1.165, 1.54) is 5.01 Å². The molecule has 0 aromatic heterocycles. The molecular weight excluding hydrogens is 202 g/mol. The van der Waals surface area contributed by atoms with Gasteiger partial charge in [0.15, 0.2) is 5.62 Å². The number of hydrogen-bond donors (Lipinski definition) is 2. The fourth-order valence-electron chi connectivity index (χ4n) is 1.16. The van der Waals surface area contributed by atoms with Gasteiger partial charge in [-0.1, -0.05) is 18.5 Å². The molecule has 3 N–H and O–H groups in total. The molecular formula is C8H16ClN5. The first-order valence-electron chi connectivity index (χ1n) is 4.75. The number of nitrogens with two attached hydrogens (primary N) is 1.